The van der Waals surface area contributed by atoms with Crippen molar-refractivity contribution in [3.05, 3.63) is 76.9 Å². The van der Waals surface area contributed by atoms with Gasteiger partial charge in [0.25, 0.3) is 0 Å². The number of methoxy groups -OCH3 is 1. The summed E-state index contributed by atoms with van der Waals surface area (Å²) >= 11 is 0. The van der Waals surface area contributed by atoms with E-state index in [1.165, 1.54) is 25.3 Å². The van der Waals surface area contributed by atoms with Crippen LogP contribution in [0.3, 0.4) is 0 Å². The third-order valence-corrected chi connectivity index (χ3v) is 10.3. The second-order valence-corrected chi connectivity index (χ2v) is 14.8. The second-order valence-electron chi connectivity index (χ2n) is 14.8. The standard InChI is InChI=1S/C27H29NO11.C10H18N2.C5H8O2.C4H8.ClH/c1-10-22(31)13(28)6-17(38-10)39-15-8-27(36,16(30)9-29)7-12-19(15)26(35)21-20(24(12)33)23(32)11-4-3-5-14(37-2)18(11)25(21)34;1-4-10(2)12-9-7-5-6-8-11-3;6-4-2-1-3-5-7;1-3-4-2;/h3-5,10,13,15,17,22,29,31,33,35-36H,6-9,28H2,1-2H3;4,8-10H,1,5-7H2,2-3H3;4-5H,1-3H2;3H,1,4H2,2H3;1H. The first-order valence-corrected chi connectivity index (χ1v) is 20.6. The summed E-state index contributed by atoms with van der Waals surface area (Å²) in [6.07, 6.45) is 10.2. The lowest BCUT2D eigenvalue weighted by molar-refractivity contribution is -0.247. The van der Waals surface area contributed by atoms with E-state index < -0.39 is 95.7 Å². The van der Waals surface area contributed by atoms with Gasteiger partial charge in [0.1, 0.15) is 42.0 Å². The number of hydrogen-bond acceptors (Lipinski definition) is 16. The highest BCUT2D eigenvalue weighted by Gasteiger charge is 2.50. The largest absolute Gasteiger partial charge is 0.507 e. The monoisotopic (exact) mass is 901 g/mol. The predicted molar refractivity (Wildman–Crippen MR) is 242 cm³/mol. The molecule has 2 aromatic rings. The van der Waals surface area contributed by atoms with Gasteiger partial charge in [0.15, 0.2) is 17.9 Å². The number of carbonyl (C=O) groups is 5. The molecule has 5 rings (SSSR count). The van der Waals surface area contributed by atoms with E-state index in [1.807, 2.05) is 31.5 Å². The Hall–Kier alpha value is -4.94. The number of rotatable bonds is 16. The number of Topliss-reactive ketones (excluding diaryl/α,β-unsaturated/α-hetero) is 1. The van der Waals surface area contributed by atoms with Gasteiger partial charge in [-0.3, -0.25) is 19.4 Å². The number of allylic oxidation sites excluding steroid dienone is 1. The van der Waals surface area contributed by atoms with E-state index in [1.54, 1.807) is 14.0 Å². The van der Waals surface area contributed by atoms with Crippen molar-refractivity contribution in [2.75, 3.05) is 20.8 Å². The number of unbranched alkanes of at least 4 members (excludes halogenated alkanes) is 4. The quantitative estimate of drug-likeness (QED) is 0.0361. The Morgan fingerprint density at radius 3 is 2.17 bits per heavy atom. The van der Waals surface area contributed by atoms with Crippen molar-refractivity contribution in [1.82, 2.24) is 0 Å². The minimum absolute atomic E-state index is 0. The number of ether oxygens (including phenoxy) is 3. The Balaban J connectivity index is 0.000000682. The maximum absolute atomic E-state index is 13.6. The summed E-state index contributed by atoms with van der Waals surface area (Å²) in [5.41, 5.74) is 2.37. The third-order valence-electron chi connectivity index (χ3n) is 10.3. The van der Waals surface area contributed by atoms with Crippen LogP contribution in [0.5, 0.6) is 17.2 Å². The average Bonchev–Trinajstić information content (AvgIpc) is 3.26. The molecular formula is C46H64ClN3O13. The van der Waals surface area contributed by atoms with Gasteiger partial charge in [0, 0.05) is 61.9 Å². The van der Waals surface area contributed by atoms with Crippen LogP contribution in [0, 0.1) is 0 Å². The summed E-state index contributed by atoms with van der Waals surface area (Å²) in [6.45, 7) is 11.8. The molecule has 17 heteroatoms. The van der Waals surface area contributed by atoms with E-state index in [0.29, 0.717) is 19.3 Å². The van der Waals surface area contributed by atoms with Gasteiger partial charge >= 0.3 is 0 Å². The summed E-state index contributed by atoms with van der Waals surface area (Å²) < 4.78 is 17.0. The summed E-state index contributed by atoms with van der Waals surface area (Å²) in [5, 5.41) is 53.7. The Bertz CT molecular complexity index is 1920. The number of aliphatic hydroxyl groups excluding tert-OH is 2. The molecule has 3 aliphatic rings. The van der Waals surface area contributed by atoms with Crippen molar-refractivity contribution in [2.45, 2.75) is 127 Å². The van der Waals surface area contributed by atoms with Gasteiger partial charge < -0.3 is 60.1 Å². The first kappa shape index (κ1) is 56.1. The fourth-order valence-electron chi connectivity index (χ4n) is 6.77. The number of fused-ring (bicyclic) bond motifs is 3. The molecule has 0 amide bonds. The van der Waals surface area contributed by atoms with Crippen LogP contribution in [0.15, 0.2) is 53.5 Å². The van der Waals surface area contributed by atoms with Crippen LogP contribution in [-0.4, -0.2) is 125 Å². The molecule has 1 heterocycles. The van der Waals surface area contributed by atoms with Gasteiger partial charge in [0.05, 0.1) is 48.2 Å². The number of aromatic hydroxyl groups is 2. The zero-order valence-electron chi connectivity index (χ0n) is 36.7. The zero-order valence-corrected chi connectivity index (χ0v) is 37.6. The number of hydrogen-bond donors (Lipinski definition) is 6. The normalized spacial score (nSPS) is 22.5. The molecule has 2 aliphatic carbocycles. The number of phenols is 2. The lowest BCUT2D eigenvalue weighted by Gasteiger charge is -2.42. The smallest absolute Gasteiger partial charge is 0.202 e. The summed E-state index contributed by atoms with van der Waals surface area (Å²) in [6, 6.07) is 3.89. The minimum Gasteiger partial charge on any atom is -0.507 e. The first-order valence-electron chi connectivity index (χ1n) is 20.6. The fourth-order valence-corrected chi connectivity index (χ4v) is 6.77. The molecule has 0 spiro atoms. The van der Waals surface area contributed by atoms with E-state index in [9.17, 15) is 49.5 Å². The van der Waals surface area contributed by atoms with Gasteiger partial charge in [-0.1, -0.05) is 31.2 Å². The molecule has 0 radical (unpaired) electrons. The van der Waals surface area contributed by atoms with E-state index in [2.05, 4.69) is 30.1 Å². The second kappa shape index (κ2) is 28.0. The van der Waals surface area contributed by atoms with E-state index >= 15 is 0 Å². The zero-order chi connectivity index (χ0) is 46.6. The number of phenolic OH excluding ortho intramolecular Hbond substituents is 2. The molecule has 63 heavy (non-hydrogen) atoms. The number of nitrogens with zero attached hydrogens (tertiary/aromatic N) is 2. The summed E-state index contributed by atoms with van der Waals surface area (Å²) in [7, 11) is 3.12. The molecule has 7 N–H and O–H groups in total. The van der Waals surface area contributed by atoms with Crippen molar-refractivity contribution >= 4 is 54.8 Å². The number of aldehydes is 2. The molecule has 0 saturated carbocycles. The maximum Gasteiger partial charge on any atom is 0.202 e. The predicted octanol–water partition coefficient (Wildman–Crippen LogP) is 5.06. The van der Waals surface area contributed by atoms with Crippen LogP contribution in [-0.2, 0) is 30.3 Å². The van der Waals surface area contributed by atoms with E-state index in [0.717, 1.165) is 38.3 Å². The molecule has 2 aromatic carbocycles. The van der Waals surface area contributed by atoms with Gasteiger partial charge in [-0.2, -0.15) is 0 Å². The number of carbonyl (C=O) groups excluding carboxylic acids is 5. The van der Waals surface area contributed by atoms with Crippen LogP contribution in [0.2, 0.25) is 0 Å². The molecule has 1 saturated heterocycles. The van der Waals surface area contributed by atoms with Gasteiger partial charge in [-0.05, 0) is 64.4 Å². The van der Waals surface area contributed by atoms with Crippen LogP contribution in [0.4, 0.5) is 0 Å². The Morgan fingerprint density at radius 1 is 1.03 bits per heavy atom. The van der Waals surface area contributed by atoms with Crippen molar-refractivity contribution in [2.24, 2.45) is 15.7 Å². The molecule has 348 valence electrons. The SMILES string of the molecule is C=CC(C)N=CCCCC=NC.C=CCC.COc1cccc2c1C(=O)c1c(O)c3c(c(O)c1C2=O)CC(O)(C(=O)CO)CC3OC1CC(N)C(O)C(C)O1.Cl.O=CCCCC=O. The molecule has 0 bridgehead atoms. The molecule has 1 aliphatic heterocycles. The first-order chi connectivity index (χ1) is 29.6. The third kappa shape index (κ3) is 14.8. The highest BCUT2D eigenvalue weighted by Crippen LogP contribution is 2.52. The van der Waals surface area contributed by atoms with Crippen LogP contribution < -0.4 is 10.5 Å². The molecule has 16 nitrogen and oxygen atoms in total. The fraction of sp³-hybridized carbons (Fsp3) is 0.500. The minimum atomic E-state index is -2.24. The average molecular weight is 902 g/mol. The van der Waals surface area contributed by atoms with Crippen molar-refractivity contribution in [1.29, 1.82) is 0 Å². The van der Waals surface area contributed by atoms with Crippen molar-refractivity contribution < 1.29 is 63.7 Å². The van der Waals surface area contributed by atoms with Gasteiger partial charge in [0.2, 0.25) is 5.78 Å². The van der Waals surface area contributed by atoms with Crippen LogP contribution in [0.25, 0.3) is 0 Å². The highest BCUT2D eigenvalue weighted by molar-refractivity contribution is 6.31. The number of ketones is 3. The van der Waals surface area contributed by atoms with E-state index in [-0.39, 0.29) is 52.9 Å². The summed E-state index contributed by atoms with van der Waals surface area (Å²) in [5.74, 6) is -3.77. The van der Waals surface area contributed by atoms with Crippen LogP contribution >= 0.6 is 12.4 Å². The number of aliphatic imine (C=N–C) groups is 2. The van der Waals surface area contributed by atoms with Crippen molar-refractivity contribution in [3.63, 3.8) is 0 Å². The van der Waals surface area contributed by atoms with E-state index in [4.69, 9.17) is 19.9 Å². The van der Waals surface area contributed by atoms with Gasteiger partial charge in [-0.15, -0.1) is 25.6 Å². The highest BCUT2D eigenvalue weighted by atomic mass is 35.5. The Labute approximate surface area is 375 Å². The molecule has 0 aromatic heterocycles. The number of halogens is 1. The number of nitrogens with two attached hydrogens (primary N) is 1. The van der Waals surface area contributed by atoms with Gasteiger partial charge in [-0.25, -0.2) is 0 Å². The topological polar surface area (TPSA) is 265 Å². The lowest BCUT2D eigenvalue weighted by atomic mass is 9.72. The summed E-state index contributed by atoms with van der Waals surface area (Å²) in [4.78, 5) is 67.0. The number of aliphatic hydroxyl groups is 3. The van der Waals surface area contributed by atoms with Crippen molar-refractivity contribution in [3.8, 4) is 17.2 Å². The Morgan fingerprint density at radius 2 is 1.63 bits per heavy atom. The molecular weight excluding hydrogens is 838 g/mol. The maximum atomic E-state index is 13.6. The Kier molecular flexibility index (Phi) is 24.9. The lowest BCUT2D eigenvalue weighted by Crippen LogP contribution is -2.53. The molecule has 7 unspecified atom stereocenters. The van der Waals surface area contributed by atoms with Crippen LogP contribution in [0.1, 0.15) is 128 Å². The molecule has 7 atom stereocenters. The number of benzene rings is 2. The molecule has 1 fully saturated rings.